The molecule has 3 rings (SSSR count). The zero-order valence-electron chi connectivity index (χ0n) is 19.3. The van der Waals surface area contributed by atoms with Crippen molar-refractivity contribution < 1.29 is 14.1 Å². The molecule has 0 spiro atoms. The molecule has 172 valence electrons. The standard InChI is InChI=1S/C26H35N2O3P/c1-4-6-7-14-19-25(26(29)31-5-2)22(3)32(30)27(23-15-10-8-11-16-23)20-21-28(32)24-17-12-9-13-18-24/h8-13,15-18,25H,3-7,14,19-21H2,1-2H3. The largest absolute Gasteiger partial charge is 0.466 e. The molecule has 0 aliphatic carbocycles. The summed E-state index contributed by atoms with van der Waals surface area (Å²) in [5, 5.41) is 0.470. The van der Waals surface area contributed by atoms with Gasteiger partial charge in [-0.2, -0.15) is 0 Å². The van der Waals surface area contributed by atoms with E-state index >= 15 is 0 Å². The van der Waals surface area contributed by atoms with Gasteiger partial charge in [0.2, 0.25) is 0 Å². The summed E-state index contributed by atoms with van der Waals surface area (Å²) < 4.78 is 24.3. The maximum absolute atomic E-state index is 15.0. The monoisotopic (exact) mass is 454 g/mol. The Morgan fingerprint density at radius 3 is 1.94 bits per heavy atom. The zero-order valence-corrected chi connectivity index (χ0v) is 20.2. The van der Waals surface area contributed by atoms with Gasteiger partial charge in [-0.05, 0) is 37.6 Å². The van der Waals surface area contributed by atoms with E-state index in [4.69, 9.17) is 4.74 Å². The lowest BCUT2D eigenvalue weighted by Crippen LogP contribution is -2.27. The summed E-state index contributed by atoms with van der Waals surface area (Å²) in [6.45, 7) is 9.77. The third kappa shape index (κ3) is 5.10. The Labute approximate surface area is 192 Å². The number of rotatable bonds is 11. The van der Waals surface area contributed by atoms with E-state index in [1.807, 2.05) is 70.0 Å². The van der Waals surface area contributed by atoms with Crippen LogP contribution >= 0.6 is 7.44 Å². The summed E-state index contributed by atoms with van der Waals surface area (Å²) in [5.41, 5.74) is 1.76. The van der Waals surface area contributed by atoms with Gasteiger partial charge in [-0.25, -0.2) is 0 Å². The minimum atomic E-state index is -3.34. The van der Waals surface area contributed by atoms with Crippen LogP contribution in [0, 0.1) is 5.92 Å². The molecule has 32 heavy (non-hydrogen) atoms. The van der Waals surface area contributed by atoms with Gasteiger partial charge in [0.05, 0.1) is 12.5 Å². The zero-order chi connectivity index (χ0) is 23.0. The Hall–Kier alpha value is -2.52. The van der Waals surface area contributed by atoms with Crippen LogP contribution in [0.2, 0.25) is 0 Å². The number of ether oxygens (including phenoxy) is 1. The van der Waals surface area contributed by atoms with Gasteiger partial charge >= 0.3 is 5.97 Å². The molecule has 1 aliphatic heterocycles. The Kier molecular flexibility index (Phi) is 8.58. The molecule has 1 saturated heterocycles. The summed E-state index contributed by atoms with van der Waals surface area (Å²) in [7, 11) is -3.34. The van der Waals surface area contributed by atoms with Crippen molar-refractivity contribution >= 4 is 24.8 Å². The van der Waals surface area contributed by atoms with Crippen molar-refractivity contribution in [3.8, 4) is 0 Å². The maximum atomic E-state index is 15.0. The molecule has 1 fully saturated rings. The number of carbonyl (C=O) groups excluding carboxylic acids is 1. The lowest BCUT2D eigenvalue weighted by atomic mass is 10.0. The molecule has 0 saturated carbocycles. The number of para-hydroxylation sites is 2. The number of nitrogens with zero attached hydrogens (tertiary/aromatic N) is 2. The highest BCUT2D eigenvalue weighted by Gasteiger charge is 2.49. The lowest BCUT2D eigenvalue weighted by Gasteiger charge is -2.36. The van der Waals surface area contributed by atoms with Crippen LogP contribution in [0.15, 0.2) is 72.6 Å². The molecular weight excluding hydrogens is 419 g/mol. The van der Waals surface area contributed by atoms with Crippen LogP contribution in [0.3, 0.4) is 0 Å². The van der Waals surface area contributed by atoms with Gasteiger partial charge in [-0.3, -0.25) is 9.36 Å². The first-order chi connectivity index (χ1) is 15.5. The number of anilines is 2. The number of unbranched alkanes of at least 4 members (excludes halogenated alkanes) is 3. The van der Waals surface area contributed by atoms with E-state index in [1.54, 1.807) is 6.92 Å². The molecule has 0 aromatic heterocycles. The SMILES string of the molecule is C=C(C(CCCCCC)C(=O)OCC)P1(=O)N(c2ccccc2)CCN1c1ccccc1. The third-order valence-corrected chi connectivity index (χ3v) is 9.21. The summed E-state index contributed by atoms with van der Waals surface area (Å²) in [6, 6.07) is 19.5. The van der Waals surface area contributed by atoms with Crippen molar-refractivity contribution in [2.24, 2.45) is 5.92 Å². The highest BCUT2D eigenvalue weighted by molar-refractivity contribution is 7.71. The summed E-state index contributed by atoms with van der Waals surface area (Å²) in [4.78, 5) is 13.0. The van der Waals surface area contributed by atoms with E-state index in [1.165, 1.54) is 0 Å². The third-order valence-electron chi connectivity index (χ3n) is 5.98. The van der Waals surface area contributed by atoms with Crippen LogP contribution in [-0.2, 0) is 14.1 Å². The molecule has 2 aromatic rings. The second-order valence-corrected chi connectivity index (χ2v) is 10.7. The molecule has 5 nitrogen and oxygen atoms in total. The molecule has 2 aromatic carbocycles. The fourth-order valence-corrected chi connectivity index (χ4v) is 7.45. The van der Waals surface area contributed by atoms with Gasteiger partial charge in [0, 0.05) is 29.8 Å². The minimum absolute atomic E-state index is 0.298. The van der Waals surface area contributed by atoms with Crippen LogP contribution in [0.1, 0.15) is 46.0 Å². The van der Waals surface area contributed by atoms with Crippen LogP contribution in [-0.4, -0.2) is 25.7 Å². The molecule has 1 unspecified atom stereocenters. The normalized spacial score (nSPS) is 16.1. The minimum Gasteiger partial charge on any atom is -0.466 e. The van der Waals surface area contributed by atoms with Crippen LogP contribution in [0.25, 0.3) is 0 Å². The fourth-order valence-electron chi connectivity index (χ4n) is 4.31. The van der Waals surface area contributed by atoms with E-state index < -0.39 is 13.4 Å². The summed E-state index contributed by atoms with van der Waals surface area (Å²) in [6.07, 6.45) is 4.76. The molecule has 0 radical (unpaired) electrons. The smallest absolute Gasteiger partial charge is 0.313 e. The molecule has 1 heterocycles. The molecule has 6 heteroatoms. The Balaban J connectivity index is 2.01. The number of esters is 1. The van der Waals surface area contributed by atoms with Gasteiger partial charge in [0.25, 0.3) is 7.44 Å². The van der Waals surface area contributed by atoms with Gasteiger partial charge in [-0.1, -0.05) is 75.6 Å². The van der Waals surface area contributed by atoms with E-state index in [0.29, 0.717) is 31.4 Å². The Morgan fingerprint density at radius 1 is 0.938 bits per heavy atom. The number of hydrogen-bond donors (Lipinski definition) is 0. The van der Waals surface area contributed by atoms with Crippen molar-refractivity contribution in [2.75, 3.05) is 29.0 Å². The van der Waals surface area contributed by atoms with Crippen LogP contribution < -0.4 is 9.34 Å². The van der Waals surface area contributed by atoms with Crippen molar-refractivity contribution in [1.29, 1.82) is 0 Å². The summed E-state index contributed by atoms with van der Waals surface area (Å²) >= 11 is 0. The molecule has 1 atom stereocenters. The quantitative estimate of drug-likeness (QED) is 0.211. The Morgan fingerprint density at radius 2 is 1.47 bits per heavy atom. The first kappa shape index (κ1) is 24.1. The maximum Gasteiger partial charge on any atom is 0.313 e. The average Bonchev–Trinajstić information content (AvgIpc) is 3.18. The second-order valence-electron chi connectivity index (χ2n) is 8.11. The van der Waals surface area contributed by atoms with E-state index in [9.17, 15) is 9.36 Å². The number of carbonyl (C=O) groups is 1. The molecular formula is C26H35N2O3P. The highest BCUT2D eigenvalue weighted by Crippen LogP contribution is 2.67. The van der Waals surface area contributed by atoms with Crippen LogP contribution in [0.5, 0.6) is 0 Å². The lowest BCUT2D eigenvalue weighted by molar-refractivity contribution is -0.146. The molecule has 1 aliphatic rings. The second kappa shape index (κ2) is 11.4. The van der Waals surface area contributed by atoms with E-state index in [2.05, 4.69) is 13.5 Å². The van der Waals surface area contributed by atoms with Gasteiger partial charge in [-0.15, -0.1) is 0 Å². The average molecular weight is 455 g/mol. The van der Waals surface area contributed by atoms with Gasteiger partial charge in [0.15, 0.2) is 0 Å². The van der Waals surface area contributed by atoms with Crippen molar-refractivity contribution in [2.45, 2.75) is 46.0 Å². The first-order valence-corrected chi connectivity index (χ1v) is 13.3. The van der Waals surface area contributed by atoms with Crippen molar-refractivity contribution in [3.63, 3.8) is 0 Å². The summed E-state index contributed by atoms with van der Waals surface area (Å²) in [5.74, 6) is -0.912. The fraction of sp³-hybridized carbons (Fsp3) is 0.423. The van der Waals surface area contributed by atoms with Crippen molar-refractivity contribution in [3.05, 3.63) is 72.6 Å². The predicted molar refractivity (Wildman–Crippen MR) is 133 cm³/mol. The molecule has 0 amide bonds. The van der Waals surface area contributed by atoms with E-state index in [-0.39, 0.29) is 5.97 Å². The molecule has 0 N–H and O–H groups in total. The van der Waals surface area contributed by atoms with Gasteiger partial charge < -0.3 is 14.1 Å². The van der Waals surface area contributed by atoms with Crippen molar-refractivity contribution in [1.82, 2.24) is 0 Å². The topological polar surface area (TPSA) is 49.9 Å². The number of benzene rings is 2. The van der Waals surface area contributed by atoms with Crippen LogP contribution in [0.4, 0.5) is 11.4 Å². The molecule has 0 bridgehead atoms. The number of hydrogen-bond acceptors (Lipinski definition) is 3. The van der Waals surface area contributed by atoms with Gasteiger partial charge in [0.1, 0.15) is 0 Å². The highest BCUT2D eigenvalue weighted by atomic mass is 31.2. The predicted octanol–water partition coefficient (Wildman–Crippen LogP) is 6.87. The first-order valence-electron chi connectivity index (χ1n) is 11.7. The van der Waals surface area contributed by atoms with E-state index in [0.717, 1.165) is 37.1 Å². The Bertz CT molecular complexity index is 881.